The smallest absolute Gasteiger partial charge is 0.144 e. The predicted molar refractivity (Wildman–Crippen MR) is 85.1 cm³/mol. The maximum absolute atomic E-state index is 5.95. The van der Waals surface area contributed by atoms with Crippen molar-refractivity contribution in [3.05, 3.63) is 84.1 Å². The fourth-order valence-corrected chi connectivity index (χ4v) is 2.44. The summed E-state index contributed by atoms with van der Waals surface area (Å²) in [6.07, 6.45) is -0.333. The molecular weight excluding hydrogens is 276 g/mol. The number of hydrogen-bond acceptors (Lipinski definition) is 3. The third-order valence-electron chi connectivity index (χ3n) is 3.67. The molecule has 0 spiro atoms. The molecule has 0 saturated carbocycles. The lowest BCUT2D eigenvalue weighted by Crippen LogP contribution is -2.29. The Morgan fingerprint density at radius 3 is 2.00 bits per heavy atom. The minimum Gasteiger partial charge on any atom is -0.493 e. The average molecular weight is 296 g/mol. The van der Waals surface area contributed by atoms with Gasteiger partial charge >= 0.3 is 0 Å². The van der Waals surface area contributed by atoms with Crippen LogP contribution in [-0.2, 0) is 27.4 Å². The molecule has 0 bridgehead atoms. The summed E-state index contributed by atoms with van der Waals surface area (Å²) in [7, 11) is 0. The van der Waals surface area contributed by atoms with E-state index in [-0.39, 0.29) is 12.2 Å². The quantitative estimate of drug-likeness (QED) is 0.813. The fourth-order valence-electron chi connectivity index (χ4n) is 2.44. The Kier molecular flexibility index (Phi) is 4.88. The van der Waals surface area contributed by atoms with Gasteiger partial charge in [0.2, 0.25) is 0 Å². The molecule has 1 aliphatic rings. The Morgan fingerprint density at radius 1 is 0.864 bits per heavy atom. The van der Waals surface area contributed by atoms with E-state index in [1.807, 2.05) is 60.7 Å². The topological polar surface area (TPSA) is 27.7 Å². The van der Waals surface area contributed by atoms with E-state index < -0.39 is 0 Å². The number of benzene rings is 2. The Bertz CT molecular complexity index is 595. The third kappa shape index (κ3) is 3.75. The van der Waals surface area contributed by atoms with Crippen LogP contribution >= 0.6 is 0 Å². The van der Waals surface area contributed by atoms with Crippen LogP contribution < -0.4 is 0 Å². The van der Waals surface area contributed by atoms with Crippen LogP contribution in [0, 0.1) is 0 Å². The average Bonchev–Trinajstić information content (AvgIpc) is 2.93. The summed E-state index contributed by atoms with van der Waals surface area (Å²) in [5.74, 6) is 0.647. The van der Waals surface area contributed by atoms with E-state index in [0.717, 1.165) is 11.1 Å². The zero-order valence-corrected chi connectivity index (χ0v) is 12.5. The van der Waals surface area contributed by atoms with Gasteiger partial charge in [0, 0.05) is 0 Å². The van der Waals surface area contributed by atoms with E-state index in [4.69, 9.17) is 14.2 Å². The summed E-state index contributed by atoms with van der Waals surface area (Å²) in [6, 6.07) is 20.2. The Morgan fingerprint density at radius 2 is 1.41 bits per heavy atom. The van der Waals surface area contributed by atoms with Gasteiger partial charge in [-0.25, -0.2) is 0 Å². The van der Waals surface area contributed by atoms with Gasteiger partial charge in [-0.05, 0) is 11.1 Å². The zero-order valence-electron chi connectivity index (χ0n) is 12.5. The maximum Gasteiger partial charge on any atom is 0.144 e. The first-order valence-corrected chi connectivity index (χ1v) is 7.45. The second-order valence-corrected chi connectivity index (χ2v) is 5.33. The minimum absolute atomic E-state index is 0.114. The molecule has 3 heteroatoms. The molecule has 2 atom stereocenters. The lowest BCUT2D eigenvalue weighted by atomic mass is 10.2. The van der Waals surface area contributed by atoms with E-state index in [1.54, 1.807) is 0 Å². The largest absolute Gasteiger partial charge is 0.493 e. The molecule has 22 heavy (non-hydrogen) atoms. The second kappa shape index (κ2) is 7.25. The van der Waals surface area contributed by atoms with E-state index in [1.165, 1.54) is 0 Å². The van der Waals surface area contributed by atoms with Gasteiger partial charge in [0.15, 0.2) is 0 Å². The van der Waals surface area contributed by atoms with Gasteiger partial charge in [0.25, 0.3) is 0 Å². The molecule has 3 rings (SSSR count). The second-order valence-electron chi connectivity index (χ2n) is 5.33. The first-order valence-electron chi connectivity index (χ1n) is 7.45. The molecule has 1 heterocycles. The van der Waals surface area contributed by atoms with Crippen LogP contribution in [0.1, 0.15) is 11.1 Å². The molecule has 0 unspecified atom stereocenters. The summed E-state index contributed by atoms with van der Waals surface area (Å²) in [5, 5.41) is 0. The molecule has 1 fully saturated rings. The van der Waals surface area contributed by atoms with Gasteiger partial charge in [0.1, 0.15) is 24.6 Å². The van der Waals surface area contributed by atoms with Crippen LogP contribution in [0.3, 0.4) is 0 Å². The summed E-state index contributed by atoms with van der Waals surface area (Å²) >= 11 is 0. The Balaban J connectivity index is 1.55. The summed E-state index contributed by atoms with van der Waals surface area (Å²) in [5.41, 5.74) is 2.27. The predicted octanol–water partition coefficient (Wildman–Crippen LogP) is 3.70. The van der Waals surface area contributed by atoms with E-state index in [9.17, 15) is 0 Å². The van der Waals surface area contributed by atoms with Crippen LogP contribution in [0.4, 0.5) is 0 Å². The van der Waals surface area contributed by atoms with Crippen molar-refractivity contribution in [3.8, 4) is 0 Å². The van der Waals surface area contributed by atoms with Crippen LogP contribution in [0.2, 0.25) is 0 Å². The molecule has 0 aromatic heterocycles. The molecule has 0 radical (unpaired) electrons. The van der Waals surface area contributed by atoms with Gasteiger partial charge in [-0.15, -0.1) is 0 Å². The highest BCUT2D eigenvalue weighted by Crippen LogP contribution is 2.24. The van der Waals surface area contributed by atoms with Crippen molar-refractivity contribution in [1.29, 1.82) is 0 Å². The molecular formula is C19H20O3. The summed E-state index contributed by atoms with van der Waals surface area (Å²) < 4.78 is 17.4. The third-order valence-corrected chi connectivity index (χ3v) is 3.67. The van der Waals surface area contributed by atoms with Crippen LogP contribution in [0.5, 0.6) is 0 Å². The summed E-state index contributed by atoms with van der Waals surface area (Å²) in [6.45, 7) is 5.49. The van der Waals surface area contributed by atoms with Gasteiger partial charge in [-0.1, -0.05) is 67.2 Å². The van der Waals surface area contributed by atoms with Crippen molar-refractivity contribution in [2.45, 2.75) is 25.4 Å². The van der Waals surface area contributed by atoms with Crippen LogP contribution in [0.25, 0.3) is 0 Å². The van der Waals surface area contributed by atoms with Crippen molar-refractivity contribution in [2.24, 2.45) is 0 Å². The van der Waals surface area contributed by atoms with Crippen molar-refractivity contribution >= 4 is 0 Å². The summed E-state index contributed by atoms with van der Waals surface area (Å²) in [4.78, 5) is 0. The van der Waals surface area contributed by atoms with Crippen molar-refractivity contribution in [1.82, 2.24) is 0 Å². The van der Waals surface area contributed by atoms with E-state index >= 15 is 0 Å². The molecule has 0 amide bonds. The van der Waals surface area contributed by atoms with Crippen LogP contribution in [0.15, 0.2) is 73.0 Å². The molecule has 114 valence electrons. The fraction of sp³-hybridized carbons (Fsp3) is 0.263. The number of ether oxygens (including phenoxy) is 3. The molecule has 2 aromatic carbocycles. The molecule has 2 aromatic rings. The number of hydrogen-bond donors (Lipinski definition) is 0. The zero-order chi connectivity index (χ0) is 15.2. The van der Waals surface area contributed by atoms with E-state index in [0.29, 0.717) is 25.6 Å². The van der Waals surface area contributed by atoms with Gasteiger partial charge in [0.05, 0.1) is 13.2 Å². The highest BCUT2D eigenvalue weighted by molar-refractivity contribution is 5.15. The van der Waals surface area contributed by atoms with Gasteiger partial charge in [-0.2, -0.15) is 0 Å². The molecule has 0 aliphatic carbocycles. The highest BCUT2D eigenvalue weighted by Gasteiger charge is 2.34. The van der Waals surface area contributed by atoms with Crippen LogP contribution in [-0.4, -0.2) is 18.8 Å². The molecule has 0 N–H and O–H groups in total. The normalized spacial score (nSPS) is 20.8. The van der Waals surface area contributed by atoms with Crippen molar-refractivity contribution in [2.75, 3.05) is 6.61 Å². The Hall–Kier alpha value is -2.10. The van der Waals surface area contributed by atoms with Crippen molar-refractivity contribution in [3.63, 3.8) is 0 Å². The van der Waals surface area contributed by atoms with Gasteiger partial charge in [-0.3, -0.25) is 0 Å². The monoisotopic (exact) mass is 296 g/mol. The molecule has 1 aliphatic heterocycles. The van der Waals surface area contributed by atoms with Crippen molar-refractivity contribution < 1.29 is 14.2 Å². The first-order chi connectivity index (χ1) is 10.8. The first kappa shape index (κ1) is 14.8. The van der Waals surface area contributed by atoms with E-state index in [2.05, 4.69) is 6.58 Å². The minimum atomic E-state index is -0.219. The number of rotatable bonds is 6. The lowest BCUT2D eigenvalue weighted by Gasteiger charge is -2.18. The van der Waals surface area contributed by atoms with Gasteiger partial charge < -0.3 is 14.2 Å². The maximum atomic E-state index is 5.95. The Labute approximate surface area is 131 Å². The molecule has 3 nitrogen and oxygen atoms in total. The SMILES string of the molecule is C=C1OC[C@@H](OCc2ccccc2)[C@@H]1OCc1ccccc1. The standard InChI is InChI=1S/C19H20O3/c1-15-19(22-13-17-10-6-3-7-11-17)18(14-20-15)21-12-16-8-4-2-5-9-16/h2-11,18-19H,1,12-14H2/t18-,19-/m1/s1. The molecule has 1 saturated heterocycles. The highest BCUT2D eigenvalue weighted by atomic mass is 16.6. The lowest BCUT2D eigenvalue weighted by molar-refractivity contribution is -0.0525.